The molecule has 2 aromatic carbocycles. The average molecular weight is 465 g/mol. The van der Waals surface area contributed by atoms with Crippen LogP contribution in [0.3, 0.4) is 0 Å². The SMILES string of the molecule is CCn1c(SCc2nc3ccccc3c(=O)[nH]2)nnc1[C@H](C)NC(=O)c1ccccc1OC. The quantitative estimate of drug-likeness (QED) is 0.384. The predicted octanol–water partition coefficient (Wildman–Crippen LogP) is 3.33. The summed E-state index contributed by atoms with van der Waals surface area (Å²) in [4.78, 5) is 32.4. The number of thioether (sulfide) groups is 1. The molecule has 0 unspecified atom stereocenters. The summed E-state index contributed by atoms with van der Waals surface area (Å²) < 4.78 is 7.22. The van der Waals surface area contributed by atoms with E-state index in [0.717, 1.165) is 0 Å². The number of methoxy groups -OCH3 is 1. The average Bonchev–Trinajstić information content (AvgIpc) is 3.25. The van der Waals surface area contributed by atoms with Gasteiger partial charge in [0.05, 0.1) is 35.4 Å². The Hall–Kier alpha value is -3.66. The molecule has 2 N–H and O–H groups in total. The smallest absolute Gasteiger partial charge is 0.258 e. The Kier molecular flexibility index (Phi) is 6.74. The summed E-state index contributed by atoms with van der Waals surface area (Å²) in [6.45, 7) is 4.48. The number of hydrogen-bond donors (Lipinski definition) is 2. The van der Waals surface area contributed by atoms with E-state index < -0.39 is 0 Å². The van der Waals surface area contributed by atoms with Crippen LogP contribution in [-0.4, -0.2) is 37.7 Å². The minimum Gasteiger partial charge on any atom is -0.496 e. The lowest BCUT2D eigenvalue weighted by Gasteiger charge is -2.16. The van der Waals surface area contributed by atoms with E-state index in [9.17, 15) is 9.59 Å². The maximum absolute atomic E-state index is 12.8. The van der Waals surface area contributed by atoms with Gasteiger partial charge >= 0.3 is 0 Å². The lowest BCUT2D eigenvalue weighted by atomic mass is 10.1. The molecular weight excluding hydrogens is 440 g/mol. The number of rotatable bonds is 8. The number of benzene rings is 2. The third kappa shape index (κ3) is 4.75. The van der Waals surface area contributed by atoms with Crippen LogP contribution in [0, 0.1) is 0 Å². The van der Waals surface area contributed by atoms with Gasteiger partial charge in [-0.15, -0.1) is 10.2 Å². The second-order valence-electron chi connectivity index (χ2n) is 7.30. The first-order valence-corrected chi connectivity index (χ1v) is 11.5. The zero-order chi connectivity index (χ0) is 23.4. The summed E-state index contributed by atoms with van der Waals surface area (Å²) in [6.07, 6.45) is 0. The molecule has 1 amide bonds. The van der Waals surface area contributed by atoms with Gasteiger partial charge in [0.1, 0.15) is 11.6 Å². The molecule has 0 saturated carbocycles. The van der Waals surface area contributed by atoms with Gasteiger partial charge < -0.3 is 19.6 Å². The van der Waals surface area contributed by atoms with Crippen molar-refractivity contribution in [3.63, 3.8) is 0 Å². The van der Waals surface area contributed by atoms with E-state index in [1.54, 1.807) is 24.3 Å². The van der Waals surface area contributed by atoms with Crippen LogP contribution in [-0.2, 0) is 12.3 Å². The Labute approximate surface area is 194 Å². The Bertz CT molecular complexity index is 1350. The molecule has 170 valence electrons. The minimum absolute atomic E-state index is 0.165. The molecule has 9 nitrogen and oxygen atoms in total. The van der Waals surface area contributed by atoms with Crippen molar-refractivity contribution in [2.75, 3.05) is 7.11 Å². The van der Waals surface area contributed by atoms with Gasteiger partial charge in [0, 0.05) is 6.54 Å². The molecule has 33 heavy (non-hydrogen) atoms. The highest BCUT2D eigenvalue weighted by Crippen LogP contribution is 2.24. The lowest BCUT2D eigenvalue weighted by Crippen LogP contribution is -2.29. The van der Waals surface area contributed by atoms with E-state index in [0.29, 0.717) is 51.3 Å². The molecule has 0 saturated heterocycles. The molecule has 0 spiro atoms. The summed E-state index contributed by atoms with van der Waals surface area (Å²) in [5.74, 6) is 1.89. The highest BCUT2D eigenvalue weighted by atomic mass is 32.2. The summed E-state index contributed by atoms with van der Waals surface area (Å²) >= 11 is 1.43. The fourth-order valence-electron chi connectivity index (χ4n) is 3.53. The highest BCUT2D eigenvalue weighted by Gasteiger charge is 2.21. The van der Waals surface area contributed by atoms with Crippen molar-refractivity contribution in [3.05, 3.63) is 76.1 Å². The standard InChI is InChI=1S/C23H24N6O3S/c1-4-29-20(14(2)24-22(31)16-10-6-8-12-18(16)32-3)27-28-23(29)33-13-19-25-17-11-7-5-9-15(17)21(30)26-19/h5-12,14H,4,13H2,1-3H3,(H,24,31)(H,25,26,30)/t14-/m0/s1. The molecule has 2 aromatic heterocycles. The predicted molar refractivity (Wildman–Crippen MR) is 126 cm³/mol. The molecule has 0 aliphatic rings. The monoisotopic (exact) mass is 464 g/mol. The molecule has 2 heterocycles. The zero-order valence-corrected chi connectivity index (χ0v) is 19.3. The van der Waals surface area contributed by atoms with E-state index in [1.807, 2.05) is 42.7 Å². The molecule has 4 aromatic rings. The van der Waals surface area contributed by atoms with E-state index in [-0.39, 0.29) is 17.5 Å². The number of carbonyl (C=O) groups is 1. The minimum atomic E-state index is -0.372. The maximum Gasteiger partial charge on any atom is 0.258 e. The van der Waals surface area contributed by atoms with Crippen LogP contribution >= 0.6 is 11.8 Å². The molecule has 0 fully saturated rings. The van der Waals surface area contributed by atoms with Crippen LogP contribution in [0.15, 0.2) is 58.5 Å². The van der Waals surface area contributed by atoms with Crippen LogP contribution in [0.1, 0.15) is 41.9 Å². The second-order valence-corrected chi connectivity index (χ2v) is 8.24. The van der Waals surface area contributed by atoms with E-state index in [1.165, 1.54) is 18.9 Å². The molecule has 0 radical (unpaired) electrons. The van der Waals surface area contributed by atoms with Gasteiger partial charge in [-0.3, -0.25) is 9.59 Å². The van der Waals surface area contributed by atoms with Gasteiger partial charge in [0.2, 0.25) is 0 Å². The number of fused-ring (bicyclic) bond motifs is 1. The number of para-hydroxylation sites is 2. The van der Waals surface area contributed by atoms with Gasteiger partial charge in [-0.2, -0.15) is 0 Å². The third-order valence-electron chi connectivity index (χ3n) is 5.15. The van der Waals surface area contributed by atoms with Crippen molar-refractivity contribution in [1.29, 1.82) is 0 Å². The van der Waals surface area contributed by atoms with Gasteiger partial charge in [0.25, 0.3) is 11.5 Å². The molecule has 0 aliphatic heterocycles. The van der Waals surface area contributed by atoms with Crippen LogP contribution in [0.2, 0.25) is 0 Å². The number of aromatic nitrogens is 5. The van der Waals surface area contributed by atoms with Crippen molar-refractivity contribution in [2.45, 2.75) is 37.3 Å². The van der Waals surface area contributed by atoms with Crippen molar-refractivity contribution >= 4 is 28.6 Å². The molecular formula is C23H24N6O3S. The van der Waals surface area contributed by atoms with Crippen LogP contribution < -0.4 is 15.6 Å². The Balaban J connectivity index is 1.50. The number of nitrogens with one attached hydrogen (secondary N) is 2. The molecule has 1 atom stereocenters. The summed E-state index contributed by atoms with van der Waals surface area (Å²) in [6, 6.07) is 13.9. The fraction of sp³-hybridized carbons (Fsp3) is 0.261. The number of aromatic amines is 1. The summed E-state index contributed by atoms with van der Waals surface area (Å²) in [7, 11) is 1.53. The largest absolute Gasteiger partial charge is 0.496 e. The number of H-pyrrole nitrogens is 1. The third-order valence-corrected chi connectivity index (χ3v) is 6.13. The number of ether oxygens (including phenoxy) is 1. The number of carbonyl (C=O) groups excluding carboxylic acids is 1. The lowest BCUT2D eigenvalue weighted by molar-refractivity contribution is 0.0934. The van der Waals surface area contributed by atoms with Crippen molar-refractivity contribution in [3.8, 4) is 5.75 Å². The Morgan fingerprint density at radius 2 is 1.94 bits per heavy atom. The molecule has 10 heteroatoms. The zero-order valence-electron chi connectivity index (χ0n) is 18.5. The normalized spacial score (nSPS) is 12.0. The molecule has 0 bridgehead atoms. The van der Waals surface area contributed by atoms with Crippen molar-refractivity contribution < 1.29 is 9.53 Å². The molecule has 4 rings (SSSR count). The number of nitrogens with zero attached hydrogens (tertiary/aromatic N) is 4. The first-order chi connectivity index (χ1) is 16.0. The van der Waals surface area contributed by atoms with Gasteiger partial charge in [-0.1, -0.05) is 36.0 Å². The molecule has 0 aliphatic carbocycles. The Morgan fingerprint density at radius 1 is 1.18 bits per heavy atom. The number of amides is 1. The highest BCUT2D eigenvalue weighted by molar-refractivity contribution is 7.98. The fourth-order valence-corrected chi connectivity index (χ4v) is 4.41. The van der Waals surface area contributed by atoms with Gasteiger partial charge in [-0.05, 0) is 38.1 Å². The van der Waals surface area contributed by atoms with Crippen LogP contribution in [0.25, 0.3) is 10.9 Å². The van der Waals surface area contributed by atoms with Crippen molar-refractivity contribution in [2.24, 2.45) is 0 Å². The van der Waals surface area contributed by atoms with E-state index in [2.05, 4.69) is 25.5 Å². The Morgan fingerprint density at radius 3 is 2.73 bits per heavy atom. The van der Waals surface area contributed by atoms with Gasteiger partial charge in [0.15, 0.2) is 11.0 Å². The van der Waals surface area contributed by atoms with Gasteiger partial charge in [-0.25, -0.2) is 4.98 Å². The second kappa shape index (κ2) is 9.86. The van der Waals surface area contributed by atoms with E-state index >= 15 is 0 Å². The van der Waals surface area contributed by atoms with E-state index in [4.69, 9.17) is 4.74 Å². The number of hydrogen-bond acceptors (Lipinski definition) is 7. The van der Waals surface area contributed by atoms with Crippen molar-refractivity contribution in [1.82, 2.24) is 30.0 Å². The van der Waals surface area contributed by atoms with Crippen LogP contribution in [0.5, 0.6) is 5.75 Å². The first-order valence-electron chi connectivity index (χ1n) is 10.5. The summed E-state index contributed by atoms with van der Waals surface area (Å²) in [5.41, 5.74) is 0.944. The van der Waals surface area contributed by atoms with Crippen LogP contribution in [0.4, 0.5) is 0 Å². The maximum atomic E-state index is 12.8. The topological polar surface area (TPSA) is 115 Å². The first kappa shape index (κ1) is 22.5. The summed E-state index contributed by atoms with van der Waals surface area (Å²) in [5, 5.41) is 12.8.